The van der Waals surface area contributed by atoms with E-state index in [-0.39, 0.29) is 11.9 Å². The topological polar surface area (TPSA) is 24.9 Å². The van der Waals surface area contributed by atoms with Crippen LogP contribution >= 0.6 is 0 Å². The third kappa shape index (κ3) is 3.94. The van der Waals surface area contributed by atoms with Gasteiger partial charge in [-0.3, -0.25) is 4.98 Å². The van der Waals surface area contributed by atoms with Crippen LogP contribution in [0, 0.1) is 24.4 Å². The summed E-state index contributed by atoms with van der Waals surface area (Å²) in [6, 6.07) is 11.9. The molecule has 1 atom stereocenters. The van der Waals surface area contributed by atoms with Gasteiger partial charge in [0.25, 0.3) is 0 Å². The molecule has 0 amide bonds. The fourth-order valence-electron chi connectivity index (χ4n) is 3.05. The van der Waals surface area contributed by atoms with Crippen LogP contribution in [0.2, 0.25) is 0 Å². The lowest BCUT2D eigenvalue weighted by Crippen LogP contribution is -2.21. The minimum Gasteiger partial charge on any atom is -0.311 e. The Balaban J connectivity index is 2.00. The van der Waals surface area contributed by atoms with Gasteiger partial charge in [0.15, 0.2) is 0 Å². The molecular formula is C21H19F3N2. The van der Waals surface area contributed by atoms with E-state index in [1.807, 2.05) is 12.1 Å². The molecule has 0 spiro atoms. The number of nitrogens with one attached hydrogen (secondary N) is 1. The maximum absolute atomic E-state index is 13.6. The Morgan fingerprint density at radius 1 is 1.00 bits per heavy atom. The molecule has 3 rings (SSSR count). The molecule has 0 aliphatic heterocycles. The first-order chi connectivity index (χ1) is 12.5. The summed E-state index contributed by atoms with van der Waals surface area (Å²) < 4.78 is 40.6. The molecule has 0 radical (unpaired) electrons. The van der Waals surface area contributed by atoms with Crippen LogP contribution in [-0.4, -0.2) is 12.0 Å². The van der Waals surface area contributed by atoms with Crippen molar-refractivity contribution in [2.24, 2.45) is 0 Å². The number of rotatable bonds is 5. The number of hydrogen-bond donors (Lipinski definition) is 1. The Kier molecular flexibility index (Phi) is 5.38. The zero-order chi connectivity index (χ0) is 18.7. The summed E-state index contributed by atoms with van der Waals surface area (Å²) in [5.74, 6) is -1.48. The standard InChI is InChI=1S/C21H19F3N2/c1-13-8-15(5-6-19(13)24)18-4-3-7-26-21(18)20(25-2)11-14-9-16(22)12-17(23)10-14/h3-10,12,20,25H,11H2,1-2H3. The number of hydrogen-bond acceptors (Lipinski definition) is 2. The second-order valence-corrected chi connectivity index (χ2v) is 6.22. The fourth-order valence-corrected chi connectivity index (χ4v) is 3.05. The Morgan fingerprint density at radius 3 is 2.38 bits per heavy atom. The van der Waals surface area contributed by atoms with Crippen LogP contribution in [-0.2, 0) is 6.42 Å². The Bertz CT molecular complexity index is 905. The van der Waals surface area contributed by atoms with E-state index < -0.39 is 11.6 Å². The molecule has 26 heavy (non-hydrogen) atoms. The molecule has 2 aromatic carbocycles. The average molecular weight is 356 g/mol. The van der Waals surface area contributed by atoms with Crippen LogP contribution in [0.3, 0.4) is 0 Å². The highest BCUT2D eigenvalue weighted by Gasteiger charge is 2.18. The number of likely N-dealkylation sites (N-methyl/N-ethyl adjacent to an activating group) is 1. The van der Waals surface area contributed by atoms with Crippen molar-refractivity contribution in [1.82, 2.24) is 10.3 Å². The monoisotopic (exact) mass is 356 g/mol. The zero-order valence-electron chi connectivity index (χ0n) is 14.6. The van der Waals surface area contributed by atoms with E-state index in [2.05, 4.69) is 10.3 Å². The van der Waals surface area contributed by atoms with Gasteiger partial charge < -0.3 is 5.32 Å². The Morgan fingerprint density at radius 2 is 1.73 bits per heavy atom. The lowest BCUT2D eigenvalue weighted by atomic mass is 9.95. The molecule has 0 saturated carbocycles. The lowest BCUT2D eigenvalue weighted by molar-refractivity contribution is 0.556. The van der Waals surface area contributed by atoms with Crippen molar-refractivity contribution in [3.8, 4) is 11.1 Å². The summed E-state index contributed by atoms with van der Waals surface area (Å²) in [4.78, 5) is 4.48. The van der Waals surface area contributed by atoms with E-state index in [4.69, 9.17) is 0 Å². The molecule has 0 fully saturated rings. The summed E-state index contributed by atoms with van der Waals surface area (Å²) >= 11 is 0. The van der Waals surface area contributed by atoms with Crippen molar-refractivity contribution in [3.63, 3.8) is 0 Å². The van der Waals surface area contributed by atoms with Crippen molar-refractivity contribution in [2.75, 3.05) is 7.05 Å². The van der Waals surface area contributed by atoms with Crippen LogP contribution in [0.4, 0.5) is 13.2 Å². The molecule has 1 heterocycles. The van der Waals surface area contributed by atoms with E-state index in [9.17, 15) is 13.2 Å². The van der Waals surface area contributed by atoms with Crippen LogP contribution < -0.4 is 5.32 Å². The smallest absolute Gasteiger partial charge is 0.126 e. The molecule has 2 nitrogen and oxygen atoms in total. The lowest BCUT2D eigenvalue weighted by Gasteiger charge is -2.19. The number of benzene rings is 2. The molecule has 3 aromatic rings. The van der Waals surface area contributed by atoms with E-state index in [1.165, 1.54) is 18.2 Å². The van der Waals surface area contributed by atoms with E-state index in [0.29, 0.717) is 17.5 Å². The number of aryl methyl sites for hydroxylation is 1. The third-order valence-electron chi connectivity index (χ3n) is 4.35. The number of nitrogens with zero attached hydrogens (tertiary/aromatic N) is 1. The van der Waals surface area contributed by atoms with Crippen LogP contribution in [0.1, 0.15) is 22.9 Å². The first-order valence-electron chi connectivity index (χ1n) is 8.31. The molecule has 0 aliphatic carbocycles. The van der Waals surface area contributed by atoms with E-state index in [1.54, 1.807) is 32.3 Å². The van der Waals surface area contributed by atoms with Crippen molar-refractivity contribution < 1.29 is 13.2 Å². The van der Waals surface area contributed by atoms with Gasteiger partial charge in [0.1, 0.15) is 17.5 Å². The molecule has 5 heteroatoms. The van der Waals surface area contributed by atoms with Gasteiger partial charge in [-0.05, 0) is 67.4 Å². The molecule has 134 valence electrons. The van der Waals surface area contributed by atoms with Crippen molar-refractivity contribution in [3.05, 3.63) is 89.0 Å². The minimum atomic E-state index is -0.606. The highest BCUT2D eigenvalue weighted by atomic mass is 19.1. The van der Waals surface area contributed by atoms with Gasteiger partial charge in [-0.15, -0.1) is 0 Å². The van der Waals surface area contributed by atoms with Gasteiger partial charge >= 0.3 is 0 Å². The van der Waals surface area contributed by atoms with Crippen molar-refractivity contribution in [2.45, 2.75) is 19.4 Å². The van der Waals surface area contributed by atoms with Crippen molar-refractivity contribution >= 4 is 0 Å². The number of aromatic nitrogens is 1. The summed E-state index contributed by atoms with van der Waals surface area (Å²) in [5, 5.41) is 3.16. The SMILES string of the molecule is CNC(Cc1cc(F)cc(F)c1)c1ncccc1-c1ccc(F)c(C)c1. The summed E-state index contributed by atoms with van der Waals surface area (Å²) in [6.07, 6.45) is 2.04. The van der Waals surface area contributed by atoms with Crippen LogP contribution in [0.25, 0.3) is 11.1 Å². The maximum Gasteiger partial charge on any atom is 0.126 e. The third-order valence-corrected chi connectivity index (χ3v) is 4.35. The van der Waals surface area contributed by atoms with Crippen LogP contribution in [0.15, 0.2) is 54.7 Å². The summed E-state index contributed by atoms with van der Waals surface area (Å²) in [5.41, 5.74) is 3.52. The molecule has 0 bridgehead atoms. The molecule has 0 aliphatic rings. The van der Waals surface area contributed by atoms with Gasteiger partial charge in [0.05, 0.1) is 11.7 Å². The first kappa shape index (κ1) is 18.1. The molecular weight excluding hydrogens is 337 g/mol. The zero-order valence-corrected chi connectivity index (χ0v) is 14.6. The highest BCUT2D eigenvalue weighted by Crippen LogP contribution is 2.29. The van der Waals surface area contributed by atoms with E-state index in [0.717, 1.165) is 22.9 Å². The maximum atomic E-state index is 13.6. The largest absolute Gasteiger partial charge is 0.311 e. The first-order valence-corrected chi connectivity index (χ1v) is 8.31. The quantitative estimate of drug-likeness (QED) is 0.698. The second-order valence-electron chi connectivity index (χ2n) is 6.22. The summed E-state index contributed by atoms with van der Waals surface area (Å²) in [7, 11) is 1.77. The molecule has 1 unspecified atom stereocenters. The highest BCUT2D eigenvalue weighted by molar-refractivity contribution is 5.67. The second kappa shape index (κ2) is 7.70. The predicted octanol–water partition coefficient (Wildman–Crippen LogP) is 4.98. The minimum absolute atomic E-state index is 0.252. The molecule has 1 N–H and O–H groups in total. The van der Waals surface area contributed by atoms with Gasteiger partial charge in [0, 0.05) is 17.8 Å². The average Bonchev–Trinajstić information content (AvgIpc) is 2.61. The van der Waals surface area contributed by atoms with Gasteiger partial charge in [-0.2, -0.15) is 0 Å². The van der Waals surface area contributed by atoms with E-state index >= 15 is 0 Å². The van der Waals surface area contributed by atoms with Gasteiger partial charge in [0.2, 0.25) is 0 Å². The molecule has 0 saturated heterocycles. The molecule has 1 aromatic heterocycles. The number of pyridine rings is 1. The van der Waals surface area contributed by atoms with Gasteiger partial charge in [-0.1, -0.05) is 12.1 Å². The normalized spacial score (nSPS) is 12.2. The Labute approximate surface area is 150 Å². The van der Waals surface area contributed by atoms with Gasteiger partial charge in [-0.25, -0.2) is 13.2 Å². The Hall–Kier alpha value is -2.66. The van der Waals surface area contributed by atoms with Crippen molar-refractivity contribution in [1.29, 1.82) is 0 Å². The van der Waals surface area contributed by atoms with Crippen LogP contribution in [0.5, 0.6) is 0 Å². The number of halogens is 3. The fraction of sp³-hybridized carbons (Fsp3) is 0.190. The predicted molar refractivity (Wildman–Crippen MR) is 96.2 cm³/mol. The summed E-state index contributed by atoms with van der Waals surface area (Å²) in [6.45, 7) is 1.71.